The lowest BCUT2D eigenvalue weighted by molar-refractivity contribution is 0.252. The second kappa shape index (κ2) is 8.22. The SMILES string of the molecule is O=C(NC[C@H](c1cccs1)S(=O)(=O)c1cccs1)Nc1ccc(Cl)cc1. The summed E-state index contributed by atoms with van der Waals surface area (Å²) in [7, 11) is -3.59. The summed E-state index contributed by atoms with van der Waals surface area (Å²) in [4.78, 5) is 12.8. The third-order valence-corrected chi connectivity index (χ3v) is 8.46. The number of carbonyl (C=O) groups is 1. The molecule has 5 nitrogen and oxygen atoms in total. The molecule has 0 spiro atoms. The lowest BCUT2D eigenvalue weighted by atomic mass is 10.3. The molecule has 0 fully saturated rings. The van der Waals surface area contributed by atoms with E-state index >= 15 is 0 Å². The normalized spacial score (nSPS) is 12.5. The van der Waals surface area contributed by atoms with Gasteiger partial charge in [0.1, 0.15) is 9.46 Å². The first-order chi connectivity index (χ1) is 12.5. The zero-order chi connectivity index (χ0) is 18.6. The molecule has 9 heteroatoms. The fourth-order valence-electron chi connectivity index (χ4n) is 2.30. The van der Waals surface area contributed by atoms with Gasteiger partial charge in [-0.25, -0.2) is 13.2 Å². The van der Waals surface area contributed by atoms with E-state index < -0.39 is 21.1 Å². The van der Waals surface area contributed by atoms with Gasteiger partial charge in [-0.05, 0) is 47.2 Å². The number of halogens is 1. The summed E-state index contributed by atoms with van der Waals surface area (Å²) in [5.41, 5.74) is 0.570. The quantitative estimate of drug-likeness (QED) is 0.594. The molecule has 0 aliphatic carbocycles. The number of hydrogen-bond donors (Lipinski definition) is 2. The number of nitrogens with one attached hydrogen (secondary N) is 2. The Balaban J connectivity index is 1.73. The van der Waals surface area contributed by atoms with Crippen molar-refractivity contribution in [3.8, 4) is 0 Å². The summed E-state index contributed by atoms with van der Waals surface area (Å²) >= 11 is 8.34. The monoisotopic (exact) mass is 426 g/mol. The van der Waals surface area contributed by atoms with Crippen molar-refractivity contribution in [2.75, 3.05) is 11.9 Å². The minimum absolute atomic E-state index is 0.0276. The smallest absolute Gasteiger partial charge is 0.319 e. The molecule has 26 heavy (non-hydrogen) atoms. The summed E-state index contributed by atoms with van der Waals surface area (Å²) in [6.45, 7) is -0.0276. The first-order valence-corrected chi connectivity index (χ1v) is 11.3. The van der Waals surface area contributed by atoms with Crippen LogP contribution in [0, 0.1) is 0 Å². The van der Waals surface area contributed by atoms with E-state index in [9.17, 15) is 13.2 Å². The van der Waals surface area contributed by atoms with Gasteiger partial charge in [0, 0.05) is 22.1 Å². The van der Waals surface area contributed by atoms with Crippen LogP contribution in [0.15, 0.2) is 63.5 Å². The van der Waals surface area contributed by atoms with Crippen molar-refractivity contribution >= 4 is 55.8 Å². The predicted molar refractivity (Wildman–Crippen MR) is 107 cm³/mol. The van der Waals surface area contributed by atoms with E-state index in [-0.39, 0.29) is 10.8 Å². The topological polar surface area (TPSA) is 75.3 Å². The summed E-state index contributed by atoms with van der Waals surface area (Å²) in [5, 5.41) is 8.58. The Kier molecular flexibility index (Phi) is 5.98. The van der Waals surface area contributed by atoms with Gasteiger partial charge in [0.15, 0.2) is 9.84 Å². The minimum Gasteiger partial charge on any atom is -0.336 e. The summed E-state index contributed by atoms with van der Waals surface area (Å²) in [6, 6.07) is 13.0. The summed E-state index contributed by atoms with van der Waals surface area (Å²) in [6.07, 6.45) is 0. The van der Waals surface area contributed by atoms with Crippen molar-refractivity contribution in [3.63, 3.8) is 0 Å². The third-order valence-electron chi connectivity index (χ3n) is 3.56. The molecule has 2 aromatic heterocycles. The summed E-state index contributed by atoms with van der Waals surface area (Å²) in [5.74, 6) is 0. The molecule has 136 valence electrons. The van der Waals surface area contributed by atoms with Crippen LogP contribution in [-0.2, 0) is 9.84 Å². The van der Waals surface area contributed by atoms with Crippen LogP contribution in [0.5, 0.6) is 0 Å². The van der Waals surface area contributed by atoms with Crippen molar-refractivity contribution in [2.24, 2.45) is 0 Å². The Hall–Kier alpha value is -1.87. The number of amides is 2. The van der Waals surface area contributed by atoms with E-state index in [1.54, 1.807) is 53.9 Å². The molecule has 0 bridgehead atoms. The molecular formula is C17H15ClN2O3S3. The van der Waals surface area contributed by atoms with E-state index in [4.69, 9.17) is 11.6 Å². The molecule has 2 N–H and O–H groups in total. The number of anilines is 1. The van der Waals surface area contributed by atoms with Crippen molar-refractivity contribution in [1.82, 2.24) is 5.32 Å². The second-order valence-corrected chi connectivity index (χ2v) is 10.0. The lowest BCUT2D eigenvalue weighted by Crippen LogP contribution is -2.34. The van der Waals surface area contributed by atoms with Crippen molar-refractivity contribution < 1.29 is 13.2 Å². The molecule has 1 aromatic carbocycles. The van der Waals surface area contributed by atoms with Crippen LogP contribution in [-0.4, -0.2) is 21.0 Å². The van der Waals surface area contributed by atoms with Gasteiger partial charge in [-0.15, -0.1) is 22.7 Å². The maximum atomic E-state index is 12.9. The fourth-order valence-corrected chi connectivity index (χ4v) is 6.41. The van der Waals surface area contributed by atoms with Gasteiger partial charge in [0.25, 0.3) is 0 Å². The first kappa shape index (κ1) is 18.9. The van der Waals surface area contributed by atoms with Crippen LogP contribution < -0.4 is 10.6 Å². The lowest BCUT2D eigenvalue weighted by Gasteiger charge is -2.16. The highest BCUT2D eigenvalue weighted by atomic mass is 35.5. The molecule has 0 saturated heterocycles. The molecule has 3 aromatic rings. The average Bonchev–Trinajstić information content (AvgIpc) is 3.30. The highest BCUT2D eigenvalue weighted by Crippen LogP contribution is 2.33. The van der Waals surface area contributed by atoms with E-state index in [1.807, 2.05) is 5.38 Å². The molecule has 2 amide bonds. The van der Waals surface area contributed by atoms with Crippen LogP contribution in [0.4, 0.5) is 10.5 Å². The molecule has 0 aliphatic rings. The Morgan fingerprint density at radius 2 is 1.73 bits per heavy atom. The Labute approximate surface area is 164 Å². The van der Waals surface area contributed by atoms with Crippen LogP contribution in [0.25, 0.3) is 0 Å². The largest absolute Gasteiger partial charge is 0.336 e. The molecular weight excluding hydrogens is 412 g/mol. The molecule has 0 aliphatic heterocycles. The minimum atomic E-state index is -3.59. The maximum absolute atomic E-state index is 12.9. The number of rotatable bonds is 6. The van der Waals surface area contributed by atoms with Crippen molar-refractivity contribution in [2.45, 2.75) is 9.46 Å². The van der Waals surface area contributed by atoms with Gasteiger partial charge in [-0.1, -0.05) is 23.7 Å². The highest BCUT2D eigenvalue weighted by Gasteiger charge is 2.31. The second-order valence-electron chi connectivity index (χ2n) is 5.32. The molecule has 1 atom stereocenters. The average molecular weight is 427 g/mol. The molecule has 0 unspecified atom stereocenters. The van der Waals surface area contributed by atoms with Gasteiger partial charge in [-0.3, -0.25) is 0 Å². The standard InChI is InChI=1S/C17H15ClN2O3S3/c18-12-5-7-13(8-6-12)20-17(21)19-11-15(14-3-1-9-24-14)26(22,23)16-4-2-10-25-16/h1-10,15H,11H2,(H2,19,20,21)/t15-/m1/s1. The van der Waals surface area contributed by atoms with E-state index in [0.29, 0.717) is 15.6 Å². The summed E-state index contributed by atoms with van der Waals surface area (Å²) < 4.78 is 26.1. The molecule has 0 radical (unpaired) electrons. The number of benzene rings is 1. The van der Waals surface area contributed by atoms with Crippen LogP contribution in [0.2, 0.25) is 5.02 Å². The first-order valence-electron chi connectivity index (χ1n) is 7.58. The third kappa shape index (κ3) is 4.45. The number of sulfone groups is 1. The number of carbonyl (C=O) groups excluding carboxylic acids is 1. The predicted octanol–water partition coefficient (Wildman–Crippen LogP) is 4.80. The van der Waals surface area contributed by atoms with Gasteiger partial charge < -0.3 is 10.6 Å². The van der Waals surface area contributed by atoms with Gasteiger partial charge in [-0.2, -0.15) is 0 Å². The highest BCUT2D eigenvalue weighted by molar-refractivity contribution is 7.93. The number of hydrogen-bond acceptors (Lipinski definition) is 5. The Morgan fingerprint density at radius 3 is 2.35 bits per heavy atom. The van der Waals surface area contributed by atoms with Gasteiger partial charge >= 0.3 is 6.03 Å². The Morgan fingerprint density at radius 1 is 1.04 bits per heavy atom. The number of urea groups is 1. The van der Waals surface area contributed by atoms with Gasteiger partial charge in [0.05, 0.1) is 0 Å². The number of thiophene rings is 2. The Bertz CT molecular complexity index is 953. The molecule has 0 saturated carbocycles. The zero-order valence-corrected chi connectivity index (χ0v) is 16.6. The van der Waals surface area contributed by atoms with Crippen LogP contribution >= 0.6 is 34.3 Å². The van der Waals surface area contributed by atoms with E-state index in [1.165, 1.54) is 22.7 Å². The van der Waals surface area contributed by atoms with E-state index in [2.05, 4.69) is 10.6 Å². The van der Waals surface area contributed by atoms with Crippen LogP contribution in [0.3, 0.4) is 0 Å². The van der Waals surface area contributed by atoms with Crippen LogP contribution in [0.1, 0.15) is 10.1 Å². The van der Waals surface area contributed by atoms with Crippen molar-refractivity contribution in [1.29, 1.82) is 0 Å². The van der Waals surface area contributed by atoms with E-state index in [0.717, 1.165) is 0 Å². The molecule has 2 heterocycles. The fraction of sp³-hybridized carbons (Fsp3) is 0.118. The van der Waals surface area contributed by atoms with Crippen molar-refractivity contribution in [3.05, 3.63) is 69.2 Å². The maximum Gasteiger partial charge on any atom is 0.319 e. The van der Waals surface area contributed by atoms with Gasteiger partial charge in [0.2, 0.25) is 0 Å². The molecule has 3 rings (SSSR count). The zero-order valence-electron chi connectivity index (χ0n) is 13.4.